The van der Waals surface area contributed by atoms with Crippen molar-refractivity contribution in [3.8, 4) is 5.75 Å². The summed E-state index contributed by atoms with van der Waals surface area (Å²) in [4.78, 5) is 51.1. The molecule has 2 aromatic heterocycles. The monoisotopic (exact) mass is 573 g/mol. The van der Waals surface area contributed by atoms with Gasteiger partial charge in [-0.05, 0) is 42.0 Å². The molecule has 0 bridgehead atoms. The number of carbonyl (C=O) groups excluding carboxylic acids is 2. The molecule has 0 spiro atoms. The van der Waals surface area contributed by atoms with Crippen LogP contribution < -0.4 is 26.7 Å². The second-order valence-electron chi connectivity index (χ2n) is 7.52. The van der Waals surface area contributed by atoms with Crippen molar-refractivity contribution < 1.29 is 14.3 Å². The summed E-state index contributed by atoms with van der Waals surface area (Å²) in [6.45, 7) is 0.280. The van der Waals surface area contributed by atoms with Gasteiger partial charge in [-0.3, -0.25) is 24.7 Å². The Hall–Kier alpha value is -4.33. The van der Waals surface area contributed by atoms with Gasteiger partial charge >= 0.3 is 5.69 Å². The molecule has 38 heavy (non-hydrogen) atoms. The lowest BCUT2D eigenvalue weighted by Gasteiger charge is -2.08. The highest BCUT2D eigenvalue weighted by atomic mass is 35.5. The van der Waals surface area contributed by atoms with E-state index in [4.69, 9.17) is 27.9 Å². The molecule has 2 aromatic carbocycles. The standard InChI is InChI=1S/C23H17Cl2N7O5S/c24-14-4-3-13(16(25)7-14)11-37-15-5-1-12(2-6-15)10-26-30-19(34)9-20-31-32-23(38-20)29-21(35)17-8-18(33)28-22(36)27-17/h1-8,10H,9,11H2,(H,30,34)(H,29,32,35)(H2,27,28,33,36)/b26-10-. The first-order chi connectivity index (χ1) is 18.2. The van der Waals surface area contributed by atoms with Crippen LogP contribution in [0, 0.1) is 0 Å². The van der Waals surface area contributed by atoms with Crippen molar-refractivity contribution in [1.29, 1.82) is 0 Å². The third-order valence-electron chi connectivity index (χ3n) is 4.70. The van der Waals surface area contributed by atoms with Crippen molar-refractivity contribution in [3.05, 3.63) is 101 Å². The van der Waals surface area contributed by atoms with Gasteiger partial charge in [0.25, 0.3) is 11.5 Å². The number of amides is 2. The first-order valence-corrected chi connectivity index (χ1v) is 12.3. The summed E-state index contributed by atoms with van der Waals surface area (Å²) in [6, 6.07) is 13.2. The van der Waals surface area contributed by atoms with Crippen molar-refractivity contribution >= 4 is 57.7 Å². The highest BCUT2D eigenvalue weighted by molar-refractivity contribution is 7.15. The van der Waals surface area contributed by atoms with Crippen LogP contribution in [0.2, 0.25) is 10.0 Å². The predicted octanol–water partition coefficient (Wildman–Crippen LogP) is 2.75. The molecule has 4 aromatic rings. The summed E-state index contributed by atoms with van der Waals surface area (Å²) in [7, 11) is 0. The molecule has 12 nitrogen and oxygen atoms in total. The summed E-state index contributed by atoms with van der Waals surface area (Å²) in [5.74, 6) is -0.578. The molecule has 0 atom stereocenters. The van der Waals surface area contributed by atoms with Crippen molar-refractivity contribution in [1.82, 2.24) is 25.6 Å². The number of rotatable bonds is 9. The summed E-state index contributed by atoms with van der Waals surface area (Å²) in [5.41, 5.74) is 2.13. The van der Waals surface area contributed by atoms with Gasteiger partial charge in [-0.1, -0.05) is 40.6 Å². The maximum Gasteiger partial charge on any atom is 0.326 e. The lowest BCUT2D eigenvalue weighted by atomic mass is 10.2. The van der Waals surface area contributed by atoms with E-state index in [9.17, 15) is 19.2 Å². The molecule has 0 fully saturated rings. The van der Waals surface area contributed by atoms with Crippen LogP contribution in [0.3, 0.4) is 0 Å². The zero-order valence-corrected chi connectivity index (χ0v) is 21.5. The minimum absolute atomic E-state index is 0.0862. The largest absolute Gasteiger partial charge is 0.489 e. The molecule has 0 unspecified atom stereocenters. The van der Waals surface area contributed by atoms with Gasteiger partial charge in [-0.2, -0.15) is 5.10 Å². The lowest BCUT2D eigenvalue weighted by molar-refractivity contribution is -0.120. The van der Waals surface area contributed by atoms with E-state index in [0.29, 0.717) is 20.8 Å². The Kier molecular flexibility index (Phi) is 8.63. The van der Waals surface area contributed by atoms with Gasteiger partial charge in [0.1, 0.15) is 23.1 Å². The molecular formula is C23H17Cl2N7O5S. The fourth-order valence-electron chi connectivity index (χ4n) is 2.94. The first-order valence-electron chi connectivity index (χ1n) is 10.7. The zero-order valence-electron chi connectivity index (χ0n) is 19.2. The molecule has 0 aliphatic carbocycles. The number of nitrogens with one attached hydrogen (secondary N) is 4. The molecule has 2 heterocycles. The minimum atomic E-state index is -0.818. The number of hydrogen-bond donors (Lipinski definition) is 4. The number of hydrogen-bond acceptors (Lipinski definition) is 9. The fraction of sp³-hybridized carbons (Fsp3) is 0.0870. The van der Waals surface area contributed by atoms with E-state index < -0.39 is 23.1 Å². The van der Waals surface area contributed by atoms with Crippen LogP contribution in [0.15, 0.2) is 63.2 Å². The van der Waals surface area contributed by atoms with E-state index in [1.54, 1.807) is 42.5 Å². The van der Waals surface area contributed by atoms with Gasteiger partial charge in [0.2, 0.25) is 11.0 Å². The number of carbonyl (C=O) groups is 2. The number of H-pyrrole nitrogens is 2. The molecule has 0 saturated heterocycles. The number of aromatic nitrogens is 4. The van der Waals surface area contributed by atoms with Gasteiger partial charge in [0, 0.05) is 21.7 Å². The SMILES string of the molecule is O=C(Cc1nnc(NC(=O)c2cc(=O)[nH]c(=O)[nH]2)s1)N/N=C\c1ccc(OCc2ccc(Cl)cc2Cl)cc1. The van der Waals surface area contributed by atoms with Crippen LogP contribution in [-0.2, 0) is 17.8 Å². The van der Waals surface area contributed by atoms with Crippen molar-refractivity contribution in [2.24, 2.45) is 5.10 Å². The van der Waals surface area contributed by atoms with Crippen molar-refractivity contribution in [3.63, 3.8) is 0 Å². The maximum absolute atomic E-state index is 12.2. The Morgan fingerprint density at radius 2 is 1.84 bits per heavy atom. The molecule has 4 rings (SSSR count). The second kappa shape index (κ2) is 12.3. The van der Waals surface area contributed by atoms with Crippen LogP contribution in [-0.4, -0.2) is 38.2 Å². The Balaban J connectivity index is 1.24. The molecule has 0 saturated carbocycles. The summed E-state index contributed by atoms with van der Waals surface area (Å²) in [5, 5.41) is 15.4. The Morgan fingerprint density at radius 3 is 2.58 bits per heavy atom. The van der Waals surface area contributed by atoms with Crippen molar-refractivity contribution in [2.45, 2.75) is 13.0 Å². The number of anilines is 1. The van der Waals surface area contributed by atoms with Crippen LogP contribution in [0.1, 0.15) is 26.6 Å². The van der Waals surface area contributed by atoms with Gasteiger partial charge in [0.05, 0.1) is 12.6 Å². The molecular weight excluding hydrogens is 557 g/mol. The van der Waals surface area contributed by atoms with Gasteiger partial charge < -0.3 is 9.72 Å². The Labute approximate surface area is 227 Å². The maximum atomic E-state index is 12.2. The molecule has 2 amide bonds. The highest BCUT2D eigenvalue weighted by Gasteiger charge is 2.14. The van der Waals surface area contributed by atoms with Crippen LogP contribution in [0.5, 0.6) is 5.75 Å². The normalized spacial score (nSPS) is 10.9. The number of benzene rings is 2. The molecule has 0 radical (unpaired) electrons. The van der Waals surface area contributed by atoms with E-state index in [2.05, 4.69) is 31.0 Å². The summed E-state index contributed by atoms with van der Waals surface area (Å²) < 4.78 is 5.73. The fourth-order valence-corrected chi connectivity index (χ4v) is 4.13. The molecule has 0 aliphatic rings. The van der Waals surface area contributed by atoms with Gasteiger partial charge in [-0.15, -0.1) is 10.2 Å². The topological polar surface area (TPSA) is 171 Å². The van der Waals surface area contributed by atoms with Gasteiger partial charge in [-0.25, -0.2) is 10.2 Å². The van der Waals surface area contributed by atoms with E-state index in [1.165, 1.54) is 6.21 Å². The third-order valence-corrected chi connectivity index (χ3v) is 6.12. The number of halogens is 2. The van der Waals surface area contributed by atoms with Crippen LogP contribution >= 0.6 is 34.5 Å². The van der Waals surface area contributed by atoms with E-state index in [1.807, 2.05) is 4.98 Å². The molecule has 0 aliphatic heterocycles. The number of ether oxygens (including phenoxy) is 1. The number of aromatic amines is 2. The summed E-state index contributed by atoms with van der Waals surface area (Å²) >= 11 is 13.0. The van der Waals surface area contributed by atoms with Crippen LogP contribution in [0.4, 0.5) is 5.13 Å². The quantitative estimate of drug-likeness (QED) is 0.176. The zero-order chi connectivity index (χ0) is 27.1. The van der Waals surface area contributed by atoms with Crippen LogP contribution in [0.25, 0.3) is 0 Å². The van der Waals surface area contributed by atoms with Gasteiger partial charge in [0.15, 0.2) is 0 Å². The second-order valence-corrected chi connectivity index (χ2v) is 9.43. The third kappa shape index (κ3) is 7.59. The number of nitrogens with zero attached hydrogens (tertiary/aromatic N) is 3. The van der Waals surface area contributed by atoms with E-state index >= 15 is 0 Å². The lowest BCUT2D eigenvalue weighted by Crippen LogP contribution is -2.27. The molecule has 4 N–H and O–H groups in total. The van der Waals surface area contributed by atoms with E-state index in [0.717, 1.165) is 28.5 Å². The molecule has 15 heteroatoms. The average Bonchev–Trinajstić information content (AvgIpc) is 3.30. The molecule has 194 valence electrons. The highest BCUT2D eigenvalue weighted by Crippen LogP contribution is 2.23. The average molecular weight is 574 g/mol. The smallest absolute Gasteiger partial charge is 0.326 e. The number of hydrazone groups is 1. The predicted molar refractivity (Wildman–Crippen MR) is 142 cm³/mol. The first kappa shape index (κ1) is 26.7. The minimum Gasteiger partial charge on any atom is -0.489 e. The Morgan fingerprint density at radius 1 is 1.05 bits per heavy atom. The summed E-state index contributed by atoms with van der Waals surface area (Å²) in [6.07, 6.45) is 1.33. The van der Waals surface area contributed by atoms with Crippen molar-refractivity contribution in [2.75, 3.05) is 5.32 Å². The Bertz CT molecular complexity index is 1590. The van der Waals surface area contributed by atoms with E-state index in [-0.39, 0.29) is 23.9 Å².